The van der Waals surface area contributed by atoms with E-state index < -0.39 is 21.3 Å². The lowest BCUT2D eigenvalue weighted by molar-refractivity contribution is -0.146. The number of nitrogens with two attached hydrogens (primary N) is 1. The summed E-state index contributed by atoms with van der Waals surface area (Å²) in [6.07, 6.45) is 0.448. The number of carbonyl (C=O) groups excluding carboxylic acids is 1. The van der Waals surface area contributed by atoms with Gasteiger partial charge in [0.15, 0.2) is 9.84 Å². The van der Waals surface area contributed by atoms with Gasteiger partial charge in [-0.2, -0.15) is 0 Å². The lowest BCUT2D eigenvalue weighted by atomic mass is 9.99. The van der Waals surface area contributed by atoms with E-state index >= 15 is 0 Å². The first-order valence-corrected chi connectivity index (χ1v) is 7.82. The highest BCUT2D eigenvalue weighted by atomic mass is 32.2. The van der Waals surface area contributed by atoms with Gasteiger partial charge >= 0.3 is 5.97 Å². The molecule has 0 aromatic carbocycles. The lowest BCUT2D eigenvalue weighted by Gasteiger charge is -2.34. The molecule has 2 unspecified atom stereocenters. The summed E-state index contributed by atoms with van der Waals surface area (Å²) in [6.45, 7) is 4.60. The monoisotopic (exact) mass is 278 g/mol. The van der Waals surface area contributed by atoms with Crippen LogP contribution in [0, 0.1) is 0 Å². The molecule has 18 heavy (non-hydrogen) atoms. The average molecular weight is 278 g/mol. The molecule has 1 saturated heterocycles. The van der Waals surface area contributed by atoms with Crippen LogP contribution < -0.4 is 5.73 Å². The molecular formula is C11H22N2O4S. The average Bonchev–Trinajstić information content (AvgIpc) is 2.25. The highest BCUT2D eigenvalue weighted by Gasteiger charge is 2.33. The largest absolute Gasteiger partial charge is 0.468 e. The molecule has 7 heteroatoms. The van der Waals surface area contributed by atoms with Crippen LogP contribution >= 0.6 is 0 Å². The molecule has 2 atom stereocenters. The third-order valence-corrected chi connectivity index (χ3v) is 5.17. The van der Waals surface area contributed by atoms with E-state index in [1.54, 1.807) is 6.92 Å². The summed E-state index contributed by atoms with van der Waals surface area (Å²) in [7, 11) is -1.60. The molecule has 0 radical (unpaired) electrons. The third kappa shape index (κ3) is 3.93. The molecule has 0 aromatic rings. The fourth-order valence-electron chi connectivity index (χ4n) is 2.08. The normalized spacial score (nSPS) is 27.4. The van der Waals surface area contributed by atoms with E-state index in [1.165, 1.54) is 7.11 Å². The molecule has 6 nitrogen and oxygen atoms in total. The molecule has 0 aromatic heterocycles. The first-order chi connectivity index (χ1) is 8.18. The molecule has 1 heterocycles. The van der Waals surface area contributed by atoms with Gasteiger partial charge in [-0.1, -0.05) is 0 Å². The van der Waals surface area contributed by atoms with Gasteiger partial charge in [0.2, 0.25) is 0 Å². The molecule has 1 aliphatic rings. The minimum Gasteiger partial charge on any atom is -0.468 e. The van der Waals surface area contributed by atoms with Crippen LogP contribution in [0.1, 0.15) is 20.3 Å². The van der Waals surface area contributed by atoms with Gasteiger partial charge in [-0.3, -0.25) is 9.69 Å². The maximum Gasteiger partial charge on any atom is 0.325 e. The number of rotatable bonds is 4. The van der Waals surface area contributed by atoms with Crippen molar-refractivity contribution in [2.75, 3.05) is 31.7 Å². The summed E-state index contributed by atoms with van der Waals surface area (Å²) in [6, 6.07) is -0.0304. The molecule has 0 saturated carbocycles. The summed E-state index contributed by atoms with van der Waals surface area (Å²) in [4.78, 5) is 13.5. The molecule has 0 bridgehead atoms. The van der Waals surface area contributed by atoms with E-state index in [4.69, 9.17) is 5.73 Å². The Morgan fingerprint density at radius 3 is 2.67 bits per heavy atom. The van der Waals surface area contributed by atoms with E-state index in [-0.39, 0.29) is 17.5 Å². The highest BCUT2D eigenvalue weighted by molar-refractivity contribution is 7.91. The van der Waals surface area contributed by atoms with Crippen molar-refractivity contribution in [2.45, 2.75) is 31.8 Å². The molecule has 0 aliphatic carbocycles. The number of carbonyl (C=O) groups is 1. The maximum absolute atomic E-state index is 11.4. The summed E-state index contributed by atoms with van der Waals surface area (Å²) < 4.78 is 27.5. The standard InChI is InChI=1S/C11H22N2O4S/c1-9-8-18(15,16)7-6-13(9)5-4-11(2,12)10(14)17-3/h9H,4-8,12H2,1-3H3. The van der Waals surface area contributed by atoms with Crippen molar-refractivity contribution >= 4 is 15.8 Å². The van der Waals surface area contributed by atoms with Crippen LogP contribution in [0.2, 0.25) is 0 Å². The van der Waals surface area contributed by atoms with Crippen LogP contribution in [-0.4, -0.2) is 62.6 Å². The van der Waals surface area contributed by atoms with Crippen molar-refractivity contribution in [1.82, 2.24) is 4.90 Å². The van der Waals surface area contributed by atoms with Gasteiger partial charge in [-0.25, -0.2) is 8.42 Å². The quantitative estimate of drug-likeness (QED) is 0.690. The molecule has 0 amide bonds. The summed E-state index contributed by atoms with van der Waals surface area (Å²) >= 11 is 0. The Kier molecular flexibility index (Phi) is 4.74. The SMILES string of the molecule is COC(=O)C(C)(N)CCN1CCS(=O)(=O)CC1C. The van der Waals surface area contributed by atoms with Crippen molar-refractivity contribution in [3.63, 3.8) is 0 Å². The van der Waals surface area contributed by atoms with E-state index in [1.807, 2.05) is 6.92 Å². The Hall–Kier alpha value is -0.660. The van der Waals surface area contributed by atoms with Crippen LogP contribution in [0.25, 0.3) is 0 Å². The second-order valence-corrected chi connectivity index (χ2v) is 7.39. The van der Waals surface area contributed by atoms with Gasteiger partial charge in [0.05, 0.1) is 18.6 Å². The van der Waals surface area contributed by atoms with Crippen LogP contribution in [0.3, 0.4) is 0 Å². The number of ether oxygens (including phenoxy) is 1. The van der Waals surface area contributed by atoms with Gasteiger partial charge in [0, 0.05) is 19.1 Å². The second-order valence-electron chi connectivity index (χ2n) is 5.16. The topological polar surface area (TPSA) is 89.7 Å². The van der Waals surface area contributed by atoms with Gasteiger partial charge in [-0.05, 0) is 20.3 Å². The van der Waals surface area contributed by atoms with E-state index in [9.17, 15) is 13.2 Å². The maximum atomic E-state index is 11.4. The zero-order valence-corrected chi connectivity index (χ0v) is 12.0. The second kappa shape index (κ2) is 5.54. The Balaban J connectivity index is 2.52. The van der Waals surface area contributed by atoms with Gasteiger partial charge in [-0.15, -0.1) is 0 Å². The van der Waals surface area contributed by atoms with Gasteiger partial charge < -0.3 is 10.5 Å². The molecule has 106 valence electrons. The first-order valence-electron chi connectivity index (χ1n) is 6.00. The van der Waals surface area contributed by atoms with Crippen molar-refractivity contribution in [3.8, 4) is 0 Å². The van der Waals surface area contributed by atoms with Gasteiger partial charge in [0.25, 0.3) is 0 Å². The first kappa shape index (κ1) is 15.4. The Morgan fingerprint density at radius 2 is 2.17 bits per heavy atom. The third-order valence-electron chi connectivity index (χ3n) is 3.38. The Bertz CT molecular complexity index is 405. The minimum atomic E-state index is -2.90. The fourth-order valence-corrected chi connectivity index (χ4v) is 3.70. The van der Waals surface area contributed by atoms with Crippen LogP contribution in [0.4, 0.5) is 0 Å². The molecular weight excluding hydrogens is 256 g/mol. The van der Waals surface area contributed by atoms with E-state index in [2.05, 4.69) is 9.64 Å². The highest BCUT2D eigenvalue weighted by Crippen LogP contribution is 2.15. The van der Waals surface area contributed by atoms with Crippen molar-refractivity contribution in [2.24, 2.45) is 5.73 Å². The number of esters is 1. The number of hydrogen-bond donors (Lipinski definition) is 1. The van der Waals surface area contributed by atoms with Crippen molar-refractivity contribution in [3.05, 3.63) is 0 Å². The number of hydrogen-bond acceptors (Lipinski definition) is 6. The molecule has 1 aliphatic heterocycles. The minimum absolute atomic E-state index is 0.0304. The predicted molar refractivity (Wildman–Crippen MR) is 68.9 cm³/mol. The fraction of sp³-hybridized carbons (Fsp3) is 0.909. The van der Waals surface area contributed by atoms with E-state index in [0.717, 1.165) is 0 Å². The summed E-state index contributed by atoms with van der Waals surface area (Å²) in [5.41, 5.74) is 4.84. The predicted octanol–water partition coefficient (Wildman–Crippen LogP) is -0.614. The van der Waals surface area contributed by atoms with Crippen molar-refractivity contribution < 1.29 is 17.9 Å². The molecule has 2 N–H and O–H groups in total. The zero-order valence-electron chi connectivity index (χ0n) is 11.2. The smallest absolute Gasteiger partial charge is 0.325 e. The van der Waals surface area contributed by atoms with Crippen molar-refractivity contribution in [1.29, 1.82) is 0 Å². The number of methoxy groups -OCH3 is 1. The Morgan fingerprint density at radius 1 is 1.56 bits per heavy atom. The lowest BCUT2D eigenvalue weighted by Crippen LogP contribution is -2.52. The number of sulfone groups is 1. The molecule has 1 rings (SSSR count). The summed E-state index contributed by atoms with van der Waals surface area (Å²) in [5, 5.41) is 0. The molecule has 1 fully saturated rings. The van der Waals surface area contributed by atoms with Crippen LogP contribution in [0.15, 0.2) is 0 Å². The van der Waals surface area contributed by atoms with Gasteiger partial charge in [0.1, 0.15) is 5.54 Å². The summed E-state index contributed by atoms with van der Waals surface area (Å²) in [5.74, 6) is -0.0941. The number of nitrogens with zero attached hydrogens (tertiary/aromatic N) is 1. The van der Waals surface area contributed by atoms with Crippen LogP contribution in [0.5, 0.6) is 0 Å². The van der Waals surface area contributed by atoms with E-state index in [0.29, 0.717) is 19.5 Å². The Labute approximate surface area is 108 Å². The zero-order chi connectivity index (χ0) is 14.0. The van der Waals surface area contributed by atoms with Crippen LogP contribution in [-0.2, 0) is 19.4 Å². The molecule has 0 spiro atoms.